The second-order valence-electron chi connectivity index (χ2n) is 6.46. The Kier molecular flexibility index (Phi) is 6.52. The Bertz CT molecular complexity index is 656. The highest BCUT2D eigenvalue weighted by molar-refractivity contribution is 6.30. The second-order valence-corrected chi connectivity index (χ2v) is 6.90. The van der Waals surface area contributed by atoms with Gasteiger partial charge in [0.2, 0.25) is 0 Å². The molecule has 0 aromatic heterocycles. The zero-order valence-corrected chi connectivity index (χ0v) is 15.6. The molecule has 0 unspecified atom stereocenters. The number of hydrogen-bond acceptors (Lipinski definition) is 3. The lowest BCUT2D eigenvalue weighted by Gasteiger charge is -2.25. The lowest BCUT2D eigenvalue weighted by Crippen LogP contribution is -2.37. The van der Waals surface area contributed by atoms with Crippen molar-refractivity contribution in [3.8, 4) is 11.5 Å². The minimum Gasteiger partial charge on any atom is -0.493 e. The van der Waals surface area contributed by atoms with Crippen LogP contribution in [0.1, 0.15) is 38.3 Å². The Morgan fingerprint density at radius 2 is 1.83 bits per heavy atom. The molecule has 0 bridgehead atoms. The Morgan fingerprint density at radius 1 is 1.12 bits per heavy atom. The van der Waals surface area contributed by atoms with Crippen LogP contribution >= 0.6 is 11.6 Å². The van der Waals surface area contributed by atoms with Crippen LogP contribution in [0, 0.1) is 0 Å². The van der Waals surface area contributed by atoms with E-state index in [1.165, 1.54) is 0 Å². The highest BCUT2D eigenvalue weighted by atomic mass is 35.5. The van der Waals surface area contributed by atoms with Gasteiger partial charge in [-0.1, -0.05) is 48.9 Å². The number of methoxy groups -OCH3 is 1. The van der Waals surface area contributed by atoms with E-state index in [0.717, 1.165) is 23.3 Å². The van der Waals surface area contributed by atoms with Crippen molar-refractivity contribution in [2.75, 3.05) is 7.11 Å². The highest BCUT2D eigenvalue weighted by Gasteiger charge is 2.18. The molecule has 0 aliphatic carbocycles. The van der Waals surface area contributed by atoms with Gasteiger partial charge in [0.25, 0.3) is 0 Å². The first kappa shape index (κ1) is 18.6. The molecular weight excluding hydrogens is 322 g/mol. The standard InChI is InChI=1S/C20H26ClNO2/c1-5-20(2,3)22-13-16-11-17(21)12-18(23-4)19(16)24-14-15-9-7-6-8-10-15/h6-12,22H,5,13-14H2,1-4H3. The van der Waals surface area contributed by atoms with Crippen LogP contribution in [-0.4, -0.2) is 12.6 Å². The number of ether oxygens (including phenoxy) is 2. The van der Waals surface area contributed by atoms with E-state index < -0.39 is 0 Å². The van der Waals surface area contributed by atoms with Crippen molar-refractivity contribution in [3.63, 3.8) is 0 Å². The van der Waals surface area contributed by atoms with Crippen molar-refractivity contribution in [1.29, 1.82) is 0 Å². The molecule has 0 fully saturated rings. The molecule has 1 N–H and O–H groups in total. The van der Waals surface area contributed by atoms with Gasteiger partial charge in [-0.3, -0.25) is 0 Å². The quantitative estimate of drug-likeness (QED) is 0.711. The Hall–Kier alpha value is -1.71. The largest absolute Gasteiger partial charge is 0.493 e. The third-order valence-corrected chi connectivity index (χ3v) is 4.40. The van der Waals surface area contributed by atoms with E-state index in [1.54, 1.807) is 13.2 Å². The van der Waals surface area contributed by atoms with Crippen molar-refractivity contribution in [2.24, 2.45) is 0 Å². The average Bonchev–Trinajstić information content (AvgIpc) is 2.59. The number of hydrogen-bond donors (Lipinski definition) is 1. The summed E-state index contributed by atoms with van der Waals surface area (Å²) in [6.07, 6.45) is 1.03. The SMILES string of the molecule is CCC(C)(C)NCc1cc(Cl)cc(OC)c1OCc1ccccc1. The van der Waals surface area contributed by atoms with Crippen molar-refractivity contribution in [2.45, 2.75) is 45.9 Å². The van der Waals surface area contributed by atoms with Gasteiger partial charge in [-0.05, 0) is 31.9 Å². The zero-order valence-electron chi connectivity index (χ0n) is 14.9. The first-order valence-corrected chi connectivity index (χ1v) is 8.61. The van der Waals surface area contributed by atoms with E-state index in [0.29, 0.717) is 23.9 Å². The van der Waals surface area contributed by atoms with E-state index in [1.807, 2.05) is 36.4 Å². The molecule has 4 heteroatoms. The lowest BCUT2D eigenvalue weighted by molar-refractivity contribution is 0.278. The van der Waals surface area contributed by atoms with Crippen LogP contribution in [0.5, 0.6) is 11.5 Å². The normalized spacial score (nSPS) is 11.4. The van der Waals surface area contributed by atoms with Gasteiger partial charge in [0, 0.05) is 28.7 Å². The summed E-state index contributed by atoms with van der Waals surface area (Å²) in [6.45, 7) is 7.68. The molecule has 0 radical (unpaired) electrons. The van der Waals surface area contributed by atoms with Crippen LogP contribution in [0.2, 0.25) is 5.02 Å². The first-order valence-electron chi connectivity index (χ1n) is 8.23. The van der Waals surface area contributed by atoms with E-state index in [-0.39, 0.29) is 5.54 Å². The van der Waals surface area contributed by atoms with E-state index in [9.17, 15) is 0 Å². The van der Waals surface area contributed by atoms with Gasteiger partial charge in [0.05, 0.1) is 7.11 Å². The predicted octanol–water partition coefficient (Wildman–Crippen LogP) is 5.21. The zero-order chi connectivity index (χ0) is 17.6. The Labute approximate surface area is 149 Å². The summed E-state index contributed by atoms with van der Waals surface area (Å²) in [5, 5.41) is 4.19. The molecule has 0 heterocycles. The van der Waals surface area contributed by atoms with Crippen LogP contribution in [0.25, 0.3) is 0 Å². The lowest BCUT2D eigenvalue weighted by atomic mass is 10.0. The smallest absolute Gasteiger partial charge is 0.166 e. The Balaban J connectivity index is 2.22. The average molecular weight is 348 g/mol. The minimum atomic E-state index is 0.0479. The Morgan fingerprint density at radius 3 is 2.46 bits per heavy atom. The fourth-order valence-corrected chi connectivity index (χ4v) is 2.49. The third kappa shape index (κ3) is 5.15. The monoisotopic (exact) mass is 347 g/mol. The van der Waals surface area contributed by atoms with Gasteiger partial charge in [-0.2, -0.15) is 0 Å². The number of nitrogens with one attached hydrogen (secondary N) is 1. The van der Waals surface area contributed by atoms with E-state index in [4.69, 9.17) is 21.1 Å². The van der Waals surface area contributed by atoms with Crippen LogP contribution in [0.4, 0.5) is 0 Å². The summed E-state index contributed by atoms with van der Waals surface area (Å²) < 4.78 is 11.6. The maximum Gasteiger partial charge on any atom is 0.166 e. The highest BCUT2D eigenvalue weighted by Crippen LogP contribution is 2.35. The molecule has 24 heavy (non-hydrogen) atoms. The number of rotatable bonds is 8. The van der Waals surface area contributed by atoms with Crippen molar-refractivity contribution in [3.05, 3.63) is 58.6 Å². The van der Waals surface area contributed by atoms with Gasteiger partial charge < -0.3 is 14.8 Å². The summed E-state index contributed by atoms with van der Waals surface area (Å²) in [5.74, 6) is 1.40. The molecular formula is C20H26ClNO2. The van der Waals surface area contributed by atoms with Crippen LogP contribution in [0.15, 0.2) is 42.5 Å². The first-order chi connectivity index (χ1) is 11.4. The molecule has 2 aromatic rings. The van der Waals surface area contributed by atoms with E-state index >= 15 is 0 Å². The van der Waals surface area contributed by atoms with Gasteiger partial charge in [-0.15, -0.1) is 0 Å². The number of benzene rings is 2. The van der Waals surface area contributed by atoms with E-state index in [2.05, 4.69) is 26.1 Å². The van der Waals surface area contributed by atoms with Crippen molar-refractivity contribution >= 4 is 11.6 Å². The topological polar surface area (TPSA) is 30.5 Å². The summed E-state index contributed by atoms with van der Waals surface area (Å²) in [7, 11) is 1.63. The molecule has 130 valence electrons. The maximum absolute atomic E-state index is 6.24. The summed E-state index contributed by atoms with van der Waals surface area (Å²) in [5.41, 5.74) is 2.16. The van der Waals surface area contributed by atoms with Crippen molar-refractivity contribution in [1.82, 2.24) is 5.32 Å². The third-order valence-electron chi connectivity index (χ3n) is 4.18. The van der Waals surface area contributed by atoms with Crippen LogP contribution < -0.4 is 14.8 Å². The summed E-state index contributed by atoms with van der Waals surface area (Å²) >= 11 is 6.24. The fourth-order valence-electron chi connectivity index (χ4n) is 2.26. The summed E-state index contributed by atoms with van der Waals surface area (Å²) in [4.78, 5) is 0. The second kappa shape index (κ2) is 8.41. The van der Waals surface area contributed by atoms with Crippen molar-refractivity contribution < 1.29 is 9.47 Å². The van der Waals surface area contributed by atoms with Crippen LogP contribution in [-0.2, 0) is 13.2 Å². The molecule has 0 saturated heterocycles. The van der Waals surface area contributed by atoms with Gasteiger partial charge in [-0.25, -0.2) is 0 Å². The maximum atomic E-state index is 6.24. The molecule has 0 spiro atoms. The molecule has 0 aliphatic heterocycles. The van der Waals surface area contributed by atoms with Crippen LogP contribution in [0.3, 0.4) is 0 Å². The predicted molar refractivity (Wildman–Crippen MR) is 100.0 cm³/mol. The minimum absolute atomic E-state index is 0.0479. The molecule has 2 aromatic carbocycles. The summed E-state index contributed by atoms with van der Waals surface area (Å²) in [6, 6.07) is 13.8. The fraction of sp³-hybridized carbons (Fsp3) is 0.400. The molecule has 0 amide bonds. The molecule has 2 rings (SSSR count). The van der Waals surface area contributed by atoms with Gasteiger partial charge in [0.1, 0.15) is 6.61 Å². The molecule has 0 atom stereocenters. The number of halogens is 1. The van der Waals surface area contributed by atoms with Gasteiger partial charge in [0.15, 0.2) is 11.5 Å². The molecule has 0 saturated carbocycles. The molecule has 0 aliphatic rings. The molecule has 3 nitrogen and oxygen atoms in total. The van der Waals surface area contributed by atoms with Gasteiger partial charge >= 0.3 is 0 Å².